The van der Waals surface area contributed by atoms with E-state index in [0.717, 1.165) is 42.1 Å². The van der Waals surface area contributed by atoms with Gasteiger partial charge in [0.25, 0.3) is 0 Å². The van der Waals surface area contributed by atoms with Gasteiger partial charge in [-0.15, -0.1) is 0 Å². The minimum absolute atomic E-state index is 0.0135. The van der Waals surface area contributed by atoms with Gasteiger partial charge in [0.05, 0.1) is 11.7 Å². The highest BCUT2D eigenvalue weighted by Crippen LogP contribution is 2.35. The molecule has 0 amide bonds. The van der Waals surface area contributed by atoms with Crippen molar-refractivity contribution in [3.63, 3.8) is 0 Å². The third-order valence-corrected chi connectivity index (χ3v) is 5.37. The summed E-state index contributed by atoms with van der Waals surface area (Å²) < 4.78 is 41.5. The van der Waals surface area contributed by atoms with Crippen molar-refractivity contribution in [2.75, 3.05) is 6.54 Å². The fourth-order valence-electron chi connectivity index (χ4n) is 3.84. The summed E-state index contributed by atoms with van der Waals surface area (Å²) in [5.74, 6) is 0. The van der Waals surface area contributed by atoms with Gasteiger partial charge in [-0.1, -0.05) is 6.92 Å². The molecular formula is C20H22F3N5. The summed E-state index contributed by atoms with van der Waals surface area (Å²) in [6.07, 6.45) is 1.43. The largest absolute Gasteiger partial charge is 0.433 e. The molecule has 148 valence electrons. The smallest absolute Gasteiger partial charge is 0.290 e. The average Bonchev–Trinajstić information content (AvgIpc) is 3.28. The average molecular weight is 389 g/mol. The molecule has 1 fully saturated rings. The zero-order chi connectivity index (χ0) is 19.9. The highest BCUT2D eigenvalue weighted by atomic mass is 19.4. The van der Waals surface area contributed by atoms with E-state index in [-0.39, 0.29) is 11.7 Å². The lowest BCUT2D eigenvalue weighted by Gasteiger charge is -2.23. The number of aromatic nitrogens is 4. The second-order valence-electron chi connectivity index (χ2n) is 7.25. The Morgan fingerprint density at radius 1 is 1.25 bits per heavy atom. The monoisotopic (exact) mass is 389 g/mol. The van der Waals surface area contributed by atoms with Crippen LogP contribution in [0.3, 0.4) is 0 Å². The third-order valence-electron chi connectivity index (χ3n) is 5.37. The lowest BCUT2D eigenvalue weighted by Crippen LogP contribution is -2.23. The Balaban J connectivity index is 1.71. The molecule has 0 bridgehead atoms. The first kappa shape index (κ1) is 18.9. The van der Waals surface area contributed by atoms with Gasteiger partial charge in [0.15, 0.2) is 5.65 Å². The number of pyridine rings is 1. The zero-order valence-electron chi connectivity index (χ0n) is 15.9. The van der Waals surface area contributed by atoms with E-state index < -0.39 is 11.9 Å². The molecule has 8 heteroatoms. The number of fused-ring (bicyclic) bond motifs is 1. The highest BCUT2D eigenvalue weighted by molar-refractivity contribution is 5.43. The van der Waals surface area contributed by atoms with Crippen LogP contribution in [0.25, 0.3) is 5.65 Å². The summed E-state index contributed by atoms with van der Waals surface area (Å²) in [5, 5.41) is 4.33. The first-order chi connectivity index (χ1) is 13.4. The minimum atomic E-state index is -4.47. The van der Waals surface area contributed by atoms with Crippen molar-refractivity contribution in [1.29, 1.82) is 0 Å². The van der Waals surface area contributed by atoms with Crippen LogP contribution in [0.4, 0.5) is 13.2 Å². The summed E-state index contributed by atoms with van der Waals surface area (Å²) in [6.45, 7) is 5.43. The summed E-state index contributed by atoms with van der Waals surface area (Å²) in [4.78, 5) is 10.8. The molecule has 5 nitrogen and oxygen atoms in total. The van der Waals surface area contributed by atoms with Gasteiger partial charge in [0.1, 0.15) is 5.69 Å². The molecular weight excluding hydrogens is 367 g/mol. The van der Waals surface area contributed by atoms with E-state index in [0.29, 0.717) is 17.8 Å². The summed E-state index contributed by atoms with van der Waals surface area (Å²) in [5.41, 5.74) is 2.84. The van der Waals surface area contributed by atoms with Gasteiger partial charge in [-0.2, -0.15) is 18.3 Å². The van der Waals surface area contributed by atoms with Gasteiger partial charge >= 0.3 is 6.18 Å². The number of nitrogens with zero attached hydrogens (tertiary/aromatic N) is 5. The van der Waals surface area contributed by atoms with Crippen molar-refractivity contribution >= 4 is 5.65 Å². The fourth-order valence-corrected chi connectivity index (χ4v) is 3.84. The molecule has 1 aliphatic rings. The highest BCUT2D eigenvalue weighted by Gasteiger charge is 2.36. The molecule has 0 aromatic carbocycles. The topological polar surface area (TPSA) is 46.3 Å². The first-order valence-electron chi connectivity index (χ1n) is 9.47. The number of likely N-dealkylation sites (tertiary alicyclic amines) is 1. The molecule has 0 aliphatic carbocycles. The number of hydrogen-bond donors (Lipinski definition) is 0. The summed E-state index contributed by atoms with van der Waals surface area (Å²) >= 11 is 0. The molecule has 4 rings (SSSR count). The Morgan fingerprint density at radius 2 is 2.07 bits per heavy atom. The second kappa shape index (κ2) is 7.16. The number of aryl methyl sites for hydroxylation is 2. The number of halogens is 3. The van der Waals surface area contributed by atoms with Gasteiger partial charge < -0.3 is 0 Å². The zero-order valence-corrected chi connectivity index (χ0v) is 15.9. The minimum Gasteiger partial charge on any atom is -0.290 e. The predicted molar refractivity (Wildman–Crippen MR) is 98.7 cm³/mol. The van der Waals surface area contributed by atoms with E-state index in [1.54, 1.807) is 19.2 Å². The standard InChI is InChI=1S/C20H22F3N5/c1-3-15-9-18(20(21,22)23)28-19(25-15)10-16(26-28)17-5-4-8-27(17)12-14-6-7-24-11-13(14)2/h6-7,9-11,17H,3-5,8,12H2,1-2H3/t17-/m0/s1. The maximum atomic E-state index is 13.5. The molecule has 1 aliphatic heterocycles. The van der Waals surface area contributed by atoms with E-state index in [1.165, 1.54) is 5.56 Å². The van der Waals surface area contributed by atoms with Crippen LogP contribution in [0, 0.1) is 6.92 Å². The van der Waals surface area contributed by atoms with Gasteiger partial charge in [0.2, 0.25) is 0 Å². The van der Waals surface area contributed by atoms with Gasteiger partial charge in [0, 0.05) is 30.7 Å². The van der Waals surface area contributed by atoms with Crippen molar-refractivity contribution in [1.82, 2.24) is 24.5 Å². The van der Waals surface area contributed by atoms with E-state index in [2.05, 4.69) is 20.0 Å². The Labute approximate surface area is 161 Å². The van der Waals surface area contributed by atoms with E-state index >= 15 is 0 Å². The number of rotatable bonds is 4. The Bertz CT molecular complexity index is 995. The Morgan fingerprint density at radius 3 is 2.79 bits per heavy atom. The lowest BCUT2D eigenvalue weighted by atomic mass is 10.1. The predicted octanol–water partition coefficient (Wildman–Crippen LogP) is 4.35. The molecule has 0 unspecified atom stereocenters. The third kappa shape index (κ3) is 3.48. The van der Waals surface area contributed by atoms with Crippen LogP contribution in [0.2, 0.25) is 0 Å². The molecule has 0 saturated carbocycles. The Kier molecular flexibility index (Phi) is 4.82. The summed E-state index contributed by atoms with van der Waals surface area (Å²) in [6, 6.07) is 4.78. The molecule has 4 heterocycles. The van der Waals surface area contributed by atoms with Crippen LogP contribution in [-0.4, -0.2) is 31.0 Å². The molecule has 1 atom stereocenters. The molecule has 0 N–H and O–H groups in total. The van der Waals surface area contributed by atoms with E-state index in [4.69, 9.17) is 0 Å². The maximum Gasteiger partial charge on any atom is 0.433 e. The van der Waals surface area contributed by atoms with Crippen LogP contribution >= 0.6 is 0 Å². The SMILES string of the molecule is CCc1cc(C(F)(F)F)n2nc([C@@H]3CCCN3Cc3ccncc3C)cc2n1. The van der Waals surface area contributed by atoms with Crippen molar-refractivity contribution in [2.24, 2.45) is 0 Å². The lowest BCUT2D eigenvalue weighted by molar-refractivity contribution is -0.142. The van der Waals surface area contributed by atoms with Crippen LogP contribution < -0.4 is 0 Å². The number of alkyl halides is 3. The van der Waals surface area contributed by atoms with Crippen LogP contribution in [-0.2, 0) is 19.1 Å². The van der Waals surface area contributed by atoms with Crippen molar-refractivity contribution in [3.05, 3.63) is 58.8 Å². The quantitative estimate of drug-likeness (QED) is 0.666. The van der Waals surface area contributed by atoms with Gasteiger partial charge in [-0.05, 0) is 56.0 Å². The summed E-state index contributed by atoms with van der Waals surface area (Å²) in [7, 11) is 0. The van der Waals surface area contributed by atoms with Crippen LogP contribution in [0.1, 0.15) is 54.0 Å². The molecule has 0 radical (unpaired) electrons. The maximum absolute atomic E-state index is 13.5. The van der Waals surface area contributed by atoms with Crippen molar-refractivity contribution in [2.45, 2.75) is 51.9 Å². The molecule has 3 aromatic heterocycles. The molecule has 28 heavy (non-hydrogen) atoms. The molecule has 1 saturated heterocycles. The van der Waals surface area contributed by atoms with Crippen molar-refractivity contribution < 1.29 is 13.2 Å². The fraction of sp³-hybridized carbons (Fsp3) is 0.450. The van der Waals surface area contributed by atoms with E-state index in [1.807, 2.05) is 19.2 Å². The normalized spacial score (nSPS) is 18.2. The molecule has 0 spiro atoms. The van der Waals surface area contributed by atoms with Gasteiger partial charge in [-0.3, -0.25) is 9.88 Å². The second-order valence-corrected chi connectivity index (χ2v) is 7.25. The van der Waals surface area contributed by atoms with Crippen LogP contribution in [0.15, 0.2) is 30.6 Å². The molecule has 3 aromatic rings. The van der Waals surface area contributed by atoms with Crippen molar-refractivity contribution in [3.8, 4) is 0 Å². The number of hydrogen-bond acceptors (Lipinski definition) is 4. The Hall–Kier alpha value is -2.48. The van der Waals surface area contributed by atoms with Crippen LogP contribution in [0.5, 0.6) is 0 Å². The van der Waals surface area contributed by atoms with Gasteiger partial charge in [-0.25, -0.2) is 9.50 Å². The van der Waals surface area contributed by atoms with E-state index in [9.17, 15) is 13.2 Å². The first-order valence-corrected chi connectivity index (χ1v) is 9.47.